The van der Waals surface area contributed by atoms with Gasteiger partial charge in [-0.1, -0.05) is 35.9 Å². The lowest BCUT2D eigenvalue weighted by molar-refractivity contribution is -0.120. The van der Waals surface area contributed by atoms with Crippen LogP contribution >= 0.6 is 15.9 Å². The number of ether oxygens (including phenoxy) is 2. The molecule has 0 radical (unpaired) electrons. The van der Waals surface area contributed by atoms with E-state index in [1.54, 1.807) is 18.3 Å². The maximum absolute atomic E-state index is 12.3. The van der Waals surface area contributed by atoms with Crippen LogP contribution in [0.15, 0.2) is 64.2 Å². The molecule has 1 amide bonds. The number of amides is 1. The number of carbonyl (C=O) groups excluding carboxylic acids is 1. The monoisotopic (exact) mass is 519 g/mol. The third kappa shape index (κ3) is 6.93. The third-order valence-electron chi connectivity index (χ3n) is 5.05. The molecule has 3 aromatic carbocycles. The lowest BCUT2D eigenvalue weighted by Gasteiger charge is -2.14. The van der Waals surface area contributed by atoms with Gasteiger partial charge in [0.2, 0.25) is 5.91 Å². The number of aryl methyl sites for hydroxylation is 2. The Morgan fingerprint density at radius 2 is 1.88 bits per heavy atom. The Labute approximate surface area is 208 Å². The number of nitrogens with one attached hydrogen (secondary N) is 1. The molecule has 0 bridgehead atoms. The Hall–Kier alpha value is -3.63. The minimum absolute atomic E-state index is 0.185. The maximum atomic E-state index is 12.3. The summed E-state index contributed by atoms with van der Waals surface area (Å²) < 4.78 is 12.5. The van der Waals surface area contributed by atoms with Gasteiger partial charge in [-0.3, -0.25) is 4.79 Å². The van der Waals surface area contributed by atoms with Gasteiger partial charge in [-0.05, 0) is 83.2 Å². The summed E-state index contributed by atoms with van der Waals surface area (Å²) in [6.45, 7) is 6.71. The van der Waals surface area contributed by atoms with Crippen molar-refractivity contribution in [1.29, 1.82) is 5.26 Å². The van der Waals surface area contributed by atoms with E-state index in [-0.39, 0.29) is 12.3 Å². The van der Waals surface area contributed by atoms with Gasteiger partial charge < -0.3 is 9.47 Å². The van der Waals surface area contributed by atoms with E-state index in [1.165, 1.54) is 5.56 Å². The van der Waals surface area contributed by atoms with Crippen molar-refractivity contribution >= 4 is 28.1 Å². The molecule has 0 spiro atoms. The summed E-state index contributed by atoms with van der Waals surface area (Å²) in [5, 5.41) is 13.0. The minimum Gasteiger partial charge on any atom is -0.490 e. The summed E-state index contributed by atoms with van der Waals surface area (Å²) in [7, 11) is 0. The fraction of sp³-hybridized carbons (Fsp3) is 0.222. The number of nitrogens with zero attached hydrogens (tertiary/aromatic N) is 2. The predicted octanol–water partition coefficient (Wildman–Crippen LogP) is 5.61. The highest BCUT2D eigenvalue weighted by molar-refractivity contribution is 9.10. The van der Waals surface area contributed by atoms with Crippen LogP contribution in [0.2, 0.25) is 0 Å². The number of hydrogen-bond acceptors (Lipinski definition) is 5. The second kappa shape index (κ2) is 12.0. The van der Waals surface area contributed by atoms with Crippen LogP contribution in [0.1, 0.15) is 40.3 Å². The zero-order valence-corrected chi connectivity index (χ0v) is 21.0. The smallest absolute Gasteiger partial charge is 0.244 e. The molecule has 0 aliphatic heterocycles. The largest absolute Gasteiger partial charge is 0.490 e. The molecule has 0 aromatic heterocycles. The molecular weight excluding hydrogens is 494 g/mol. The van der Waals surface area contributed by atoms with E-state index in [4.69, 9.17) is 14.7 Å². The molecule has 174 valence electrons. The summed E-state index contributed by atoms with van der Waals surface area (Å²) in [5.41, 5.74) is 8.09. The van der Waals surface area contributed by atoms with E-state index in [9.17, 15) is 4.79 Å². The zero-order valence-electron chi connectivity index (χ0n) is 19.4. The average Bonchev–Trinajstić information content (AvgIpc) is 2.81. The molecule has 3 aromatic rings. The summed E-state index contributed by atoms with van der Waals surface area (Å²) in [4.78, 5) is 12.3. The topological polar surface area (TPSA) is 83.7 Å². The Morgan fingerprint density at radius 3 is 2.56 bits per heavy atom. The van der Waals surface area contributed by atoms with Crippen LogP contribution in [0, 0.1) is 25.2 Å². The molecule has 0 aliphatic rings. The van der Waals surface area contributed by atoms with Crippen molar-refractivity contribution < 1.29 is 14.3 Å². The number of hydrogen-bond donors (Lipinski definition) is 1. The molecule has 0 unspecified atom stereocenters. The molecule has 0 heterocycles. The van der Waals surface area contributed by atoms with Crippen molar-refractivity contribution in [2.24, 2.45) is 5.10 Å². The van der Waals surface area contributed by atoms with Crippen LogP contribution in [-0.2, 0) is 17.8 Å². The minimum atomic E-state index is -0.185. The standard InChI is InChI=1S/C27H26BrN3O3/c1-4-33-25-13-22(16-30-31-26(32)14-23-10-5-18(2)11-19(23)3)12-24(28)27(25)34-17-21-8-6-20(15-29)7-9-21/h5-13,16H,4,14,17H2,1-3H3,(H,31,32)/b30-16-. The van der Waals surface area contributed by atoms with Crippen LogP contribution in [-0.4, -0.2) is 18.7 Å². The Bertz CT molecular complexity index is 1230. The molecule has 1 N–H and O–H groups in total. The normalized spacial score (nSPS) is 10.7. The van der Waals surface area contributed by atoms with Gasteiger partial charge in [0.25, 0.3) is 0 Å². The molecule has 0 aliphatic carbocycles. The fourth-order valence-electron chi connectivity index (χ4n) is 3.33. The first-order valence-electron chi connectivity index (χ1n) is 10.9. The predicted molar refractivity (Wildman–Crippen MR) is 136 cm³/mol. The van der Waals surface area contributed by atoms with Gasteiger partial charge in [0.1, 0.15) is 6.61 Å². The van der Waals surface area contributed by atoms with E-state index in [0.29, 0.717) is 34.7 Å². The highest BCUT2D eigenvalue weighted by Crippen LogP contribution is 2.37. The maximum Gasteiger partial charge on any atom is 0.244 e. The third-order valence-corrected chi connectivity index (χ3v) is 5.64. The van der Waals surface area contributed by atoms with Crippen molar-refractivity contribution in [3.63, 3.8) is 0 Å². The Balaban J connectivity index is 1.66. The van der Waals surface area contributed by atoms with E-state index in [2.05, 4.69) is 38.6 Å². The average molecular weight is 520 g/mol. The molecule has 3 rings (SSSR count). The molecule has 0 saturated carbocycles. The van der Waals surface area contributed by atoms with Gasteiger partial charge in [0.05, 0.1) is 35.3 Å². The highest BCUT2D eigenvalue weighted by atomic mass is 79.9. The number of rotatable bonds is 9. The quantitative estimate of drug-likeness (QED) is 0.294. The lowest BCUT2D eigenvalue weighted by atomic mass is 10.0. The lowest BCUT2D eigenvalue weighted by Crippen LogP contribution is -2.20. The van der Waals surface area contributed by atoms with E-state index >= 15 is 0 Å². The van der Waals surface area contributed by atoms with Crippen molar-refractivity contribution in [3.8, 4) is 17.6 Å². The first-order valence-corrected chi connectivity index (χ1v) is 11.6. The number of hydrazone groups is 1. The highest BCUT2D eigenvalue weighted by Gasteiger charge is 2.13. The van der Waals surface area contributed by atoms with Crippen LogP contribution < -0.4 is 14.9 Å². The number of halogens is 1. The van der Waals surface area contributed by atoms with Gasteiger partial charge in [-0.25, -0.2) is 5.43 Å². The Morgan fingerprint density at radius 1 is 1.12 bits per heavy atom. The van der Waals surface area contributed by atoms with Gasteiger partial charge >= 0.3 is 0 Å². The van der Waals surface area contributed by atoms with Crippen molar-refractivity contribution in [2.75, 3.05) is 6.61 Å². The van der Waals surface area contributed by atoms with Crippen LogP contribution in [0.25, 0.3) is 0 Å². The van der Waals surface area contributed by atoms with Crippen molar-refractivity contribution in [3.05, 3.63) is 92.5 Å². The SMILES string of the molecule is CCOc1cc(/C=N\NC(=O)Cc2ccc(C)cc2C)cc(Br)c1OCc1ccc(C#N)cc1. The number of benzene rings is 3. The van der Waals surface area contributed by atoms with Crippen molar-refractivity contribution in [2.45, 2.75) is 33.8 Å². The molecule has 7 heteroatoms. The number of nitriles is 1. The summed E-state index contributed by atoms with van der Waals surface area (Å²) in [6.07, 6.45) is 1.83. The van der Waals surface area contributed by atoms with Gasteiger partial charge in [0.15, 0.2) is 11.5 Å². The number of carbonyl (C=O) groups is 1. The summed E-state index contributed by atoms with van der Waals surface area (Å²) >= 11 is 3.55. The van der Waals surface area contributed by atoms with Gasteiger partial charge in [-0.15, -0.1) is 0 Å². The second-order valence-electron chi connectivity index (χ2n) is 7.76. The zero-order chi connectivity index (χ0) is 24.5. The molecular formula is C27H26BrN3O3. The van der Waals surface area contributed by atoms with E-state index in [1.807, 2.05) is 57.2 Å². The van der Waals surface area contributed by atoms with Crippen LogP contribution in [0.5, 0.6) is 11.5 Å². The molecule has 0 fully saturated rings. The van der Waals surface area contributed by atoms with Gasteiger partial charge in [0, 0.05) is 0 Å². The molecule has 0 saturated heterocycles. The molecule has 34 heavy (non-hydrogen) atoms. The summed E-state index contributed by atoms with van der Waals surface area (Å²) in [5.74, 6) is 0.950. The van der Waals surface area contributed by atoms with E-state index < -0.39 is 0 Å². The molecule has 6 nitrogen and oxygen atoms in total. The van der Waals surface area contributed by atoms with Gasteiger partial charge in [-0.2, -0.15) is 10.4 Å². The first kappa shape index (κ1) is 25.0. The van der Waals surface area contributed by atoms with Crippen LogP contribution in [0.4, 0.5) is 0 Å². The van der Waals surface area contributed by atoms with E-state index in [0.717, 1.165) is 22.3 Å². The first-order chi connectivity index (χ1) is 16.4. The van der Waals surface area contributed by atoms with Crippen molar-refractivity contribution in [1.82, 2.24) is 5.43 Å². The Kier molecular flexibility index (Phi) is 8.83. The molecule has 0 atom stereocenters. The van der Waals surface area contributed by atoms with Crippen LogP contribution in [0.3, 0.4) is 0 Å². The fourth-order valence-corrected chi connectivity index (χ4v) is 3.91. The summed E-state index contributed by atoms with van der Waals surface area (Å²) in [6, 6.07) is 19.0. The second-order valence-corrected chi connectivity index (χ2v) is 8.61.